The van der Waals surface area contributed by atoms with E-state index < -0.39 is 5.91 Å². The van der Waals surface area contributed by atoms with Gasteiger partial charge >= 0.3 is 0 Å². The van der Waals surface area contributed by atoms with Crippen molar-refractivity contribution in [3.05, 3.63) is 35.9 Å². The third-order valence-electron chi connectivity index (χ3n) is 3.56. The summed E-state index contributed by atoms with van der Waals surface area (Å²) in [7, 11) is 0. The molecule has 0 aromatic heterocycles. The number of hydrogen-bond donors (Lipinski definition) is 2. The molecule has 22 heavy (non-hydrogen) atoms. The maximum atomic E-state index is 11.5. The summed E-state index contributed by atoms with van der Waals surface area (Å²) in [6, 6.07) is 7.34. The van der Waals surface area contributed by atoms with Crippen molar-refractivity contribution < 1.29 is 19.5 Å². The molecular weight excluding hydrogens is 284 g/mol. The Balaban J connectivity index is 2.07. The highest BCUT2D eigenvalue weighted by Crippen LogP contribution is 2.23. The lowest BCUT2D eigenvalue weighted by molar-refractivity contribution is -0.131. The van der Waals surface area contributed by atoms with Gasteiger partial charge in [-0.15, -0.1) is 0 Å². The molecule has 0 saturated carbocycles. The van der Waals surface area contributed by atoms with E-state index in [2.05, 4.69) is 0 Å². The smallest absolute Gasteiger partial charge is 0.267 e. The third-order valence-corrected chi connectivity index (χ3v) is 3.56. The van der Waals surface area contributed by atoms with Crippen molar-refractivity contribution in [3.63, 3.8) is 0 Å². The van der Waals surface area contributed by atoms with Gasteiger partial charge in [0.05, 0.1) is 6.54 Å². The fourth-order valence-electron chi connectivity index (χ4n) is 2.43. The van der Waals surface area contributed by atoms with E-state index in [4.69, 9.17) is 9.94 Å². The highest BCUT2D eigenvalue weighted by atomic mass is 16.5. The number of ether oxygens (including phenoxy) is 1. The normalized spacial score (nSPS) is 18.3. The van der Waals surface area contributed by atoms with E-state index in [-0.39, 0.29) is 12.0 Å². The number of hydrogen-bond acceptors (Lipinski definition) is 4. The van der Waals surface area contributed by atoms with Gasteiger partial charge in [-0.05, 0) is 25.0 Å². The molecule has 1 aromatic rings. The van der Waals surface area contributed by atoms with Gasteiger partial charge in [0.15, 0.2) is 0 Å². The number of nitrogens with zero attached hydrogens (tertiary/aromatic N) is 1. The fourth-order valence-corrected chi connectivity index (χ4v) is 2.43. The maximum Gasteiger partial charge on any atom is 0.267 e. The number of benzene rings is 1. The van der Waals surface area contributed by atoms with Crippen LogP contribution in [0.4, 0.5) is 0 Å². The summed E-state index contributed by atoms with van der Waals surface area (Å²) < 4.78 is 5.99. The largest absolute Gasteiger partial charge is 0.488 e. The molecule has 2 rings (SSSR count). The molecule has 0 radical (unpaired) electrons. The second-order valence-corrected chi connectivity index (χ2v) is 5.19. The van der Waals surface area contributed by atoms with Crippen LogP contribution in [0.1, 0.15) is 25.3 Å². The van der Waals surface area contributed by atoms with Crippen LogP contribution < -0.4 is 10.2 Å². The summed E-state index contributed by atoms with van der Waals surface area (Å²) in [6.45, 7) is 2.91. The van der Waals surface area contributed by atoms with Crippen molar-refractivity contribution in [2.75, 3.05) is 13.1 Å². The Hall–Kier alpha value is -2.34. The average Bonchev–Trinajstić information content (AvgIpc) is 2.54. The zero-order chi connectivity index (χ0) is 15.9. The lowest BCUT2D eigenvalue weighted by Gasteiger charge is -2.32. The van der Waals surface area contributed by atoms with E-state index in [1.807, 2.05) is 24.3 Å². The topological polar surface area (TPSA) is 78.9 Å². The maximum absolute atomic E-state index is 11.5. The van der Waals surface area contributed by atoms with Gasteiger partial charge in [0.2, 0.25) is 5.91 Å². The standard InChI is InChI=1S/C16H20N2O4/c1-12(19)18-10-4-6-14(11-18)22-15-7-3-2-5-13(15)8-9-16(20)17-21/h2-3,5,7-9,14,21H,4,6,10-11H2,1H3,(H,17,20)/b9-8+. The molecule has 0 aliphatic carbocycles. The highest BCUT2D eigenvalue weighted by molar-refractivity contribution is 5.91. The molecule has 118 valence electrons. The number of likely N-dealkylation sites (tertiary alicyclic amines) is 1. The number of carbonyl (C=O) groups excluding carboxylic acids is 2. The van der Waals surface area contributed by atoms with E-state index in [1.165, 1.54) is 6.08 Å². The van der Waals surface area contributed by atoms with Gasteiger partial charge in [0.25, 0.3) is 5.91 Å². The Kier molecular flexibility index (Phi) is 5.55. The quantitative estimate of drug-likeness (QED) is 0.503. The van der Waals surface area contributed by atoms with Gasteiger partial charge in [-0.2, -0.15) is 0 Å². The zero-order valence-electron chi connectivity index (χ0n) is 12.5. The van der Waals surface area contributed by atoms with E-state index >= 15 is 0 Å². The summed E-state index contributed by atoms with van der Waals surface area (Å²) in [5.41, 5.74) is 2.29. The lowest BCUT2D eigenvalue weighted by Crippen LogP contribution is -2.43. The van der Waals surface area contributed by atoms with Crippen LogP contribution in [-0.2, 0) is 9.59 Å². The van der Waals surface area contributed by atoms with Crippen LogP contribution in [0.5, 0.6) is 5.75 Å². The summed E-state index contributed by atoms with van der Waals surface area (Å²) >= 11 is 0. The lowest BCUT2D eigenvalue weighted by atomic mass is 10.1. The molecular formula is C16H20N2O4. The molecule has 2 amide bonds. The molecule has 0 spiro atoms. The molecule has 1 aliphatic heterocycles. The molecule has 1 atom stereocenters. The molecule has 1 unspecified atom stereocenters. The fraction of sp³-hybridized carbons (Fsp3) is 0.375. The second kappa shape index (κ2) is 7.61. The predicted octanol–water partition coefficient (Wildman–Crippen LogP) is 1.59. The van der Waals surface area contributed by atoms with Crippen LogP contribution in [0.2, 0.25) is 0 Å². The van der Waals surface area contributed by atoms with Crippen LogP contribution >= 0.6 is 0 Å². The molecule has 6 nitrogen and oxygen atoms in total. The van der Waals surface area contributed by atoms with Crippen molar-refractivity contribution in [1.82, 2.24) is 10.4 Å². The van der Waals surface area contributed by atoms with E-state index in [9.17, 15) is 9.59 Å². The van der Waals surface area contributed by atoms with Crippen LogP contribution in [0.25, 0.3) is 6.08 Å². The first-order chi connectivity index (χ1) is 10.6. The minimum Gasteiger partial charge on any atom is -0.488 e. The van der Waals surface area contributed by atoms with Gasteiger partial charge in [0, 0.05) is 25.1 Å². The Morgan fingerprint density at radius 1 is 1.41 bits per heavy atom. The van der Waals surface area contributed by atoms with Crippen molar-refractivity contribution in [2.24, 2.45) is 0 Å². The number of rotatable bonds is 4. The minimum absolute atomic E-state index is 0.0566. The van der Waals surface area contributed by atoms with Crippen LogP contribution in [0.3, 0.4) is 0 Å². The molecule has 1 aromatic carbocycles. The summed E-state index contributed by atoms with van der Waals surface area (Å²) in [5.74, 6) is 0.108. The van der Waals surface area contributed by atoms with Gasteiger partial charge in [-0.1, -0.05) is 18.2 Å². The third kappa shape index (κ3) is 4.33. The highest BCUT2D eigenvalue weighted by Gasteiger charge is 2.23. The predicted molar refractivity (Wildman–Crippen MR) is 81.3 cm³/mol. The number of amides is 2. The van der Waals surface area contributed by atoms with Gasteiger partial charge in [0.1, 0.15) is 11.9 Å². The van der Waals surface area contributed by atoms with E-state index in [1.54, 1.807) is 23.4 Å². The second-order valence-electron chi connectivity index (χ2n) is 5.19. The number of hydroxylamine groups is 1. The number of para-hydroxylation sites is 1. The van der Waals surface area contributed by atoms with Gasteiger partial charge in [-0.25, -0.2) is 5.48 Å². The first-order valence-corrected chi connectivity index (χ1v) is 7.23. The molecule has 1 heterocycles. The van der Waals surface area contributed by atoms with Crippen LogP contribution in [0.15, 0.2) is 30.3 Å². The Labute approximate surface area is 129 Å². The molecule has 0 bridgehead atoms. The number of piperidine rings is 1. The molecule has 2 N–H and O–H groups in total. The van der Waals surface area contributed by atoms with Gasteiger partial charge < -0.3 is 9.64 Å². The Morgan fingerprint density at radius 3 is 2.91 bits per heavy atom. The van der Waals surface area contributed by atoms with Crippen LogP contribution in [0, 0.1) is 0 Å². The van der Waals surface area contributed by atoms with Crippen molar-refractivity contribution in [2.45, 2.75) is 25.9 Å². The summed E-state index contributed by atoms with van der Waals surface area (Å²) in [6.07, 6.45) is 4.55. The monoisotopic (exact) mass is 304 g/mol. The number of carbonyl (C=O) groups is 2. The Morgan fingerprint density at radius 2 is 2.18 bits per heavy atom. The molecule has 6 heteroatoms. The van der Waals surface area contributed by atoms with E-state index in [0.717, 1.165) is 24.9 Å². The first-order valence-electron chi connectivity index (χ1n) is 7.23. The van der Waals surface area contributed by atoms with Crippen molar-refractivity contribution in [1.29, 1.82) is 0 Å². The van der Waals surface area contributed by atoms with Gasteiger partial charge in [-0.3, -0.25) is 14.8 Å². The van der Waals surface area contributed by atoms with E-state index in [0.29, 0.717) is 12.3 Å². The number of nitrogens with one attached hydrogen (secondary N) is 1. The zero-order valence-corrected chi connectivity index (χ0v) is 12.5. The minimum atomic E-state index is -0.602. The van der Waals surface area contributed by atoms with Crippen LogP contribution in [-0.4, -0.2) is 41.1 Å². The Bertz CT molecular complexity index is 571. The first kappa shape index (κ1) is 16.0. The summed E-state index contributed by atoms with van der Waals surface area (Å²) in [5, 5.41) is 8.50. The molecule has 1 fully saturated rings. The molecule has 1 aliphatic rings. The summed E-state index contributed by atoms with van der Waals surface area (Å²) in [4.78, 5) is 24.3. The van der Waals surface area contributed by atoms with Crippen molar-refractivity contribution >= 4 is 17.9 Å². The molecule has 1 saturated heterocycles. The van der Waals surface area contributed by atoms with Crippen molar-refractivity contribution in [3.8, 4) is 5.75 Å². The SMILES string of the molecule is CC(=O)N1CCCC(Oc2ccccc2/C=C/C(=O)NO)C1. The average molecular weight is 304 g/mol.